The summed E-state index contributed by atoms with van der Waals surface area (Å²) in [6.07, 6.45) is -3.60. The molecule has 0 atom stereocenters. The quantitative estimate of drug-likeness (QED) is 0.862. The number of halogens is 3. The van der Waals surface area contributed by atoms with E-state index in [-0.39, 0.29) is 11.2 Å². The molecule has 1 aromatic rings. The minimum atomic E-state index is -4.41. The van der Waals surface area contributed by atoms with Gasteiger partial charge in [0, 0.05) is 20.3 Å². The third-order valence-electron chi connectivity index (χ3n) is 2.77. The number of anilines is 1. The van der Waals surface area contributed by atoms with Crippen molar-refractivity contribution in [1.29, 1.82) is 0 Å². The van der Waals surface area contributed by atoms with Gasteiger partial charge in [-0.2, -0.15) is 13.2 Å². The maximum absolute atomic E-state index is 12.5. The van der Waals surface area contributed by atoms with Crippen LogP contribution in [0.25, 0.3) is 0 Å². The Kier molecular flexibility index (Phi) is 5.17. The van der Waals surface area contributed by atoms with Gasteiger partial charge < -0.3 is 10.1 Å². The van der Waals surface area contributed by atoms with Crippen molar-refractivity contribution < 1.29 is 17.9 Å². The van der Waals surface area contributed by atoms with Crippen LogP contribution in [-0.4, -0.2) is 25.2 Å². The van der Waals surface area contributed by atoms with Crippen LogP contribution in [0.5, 0.6) is 0 Å². The second-order valence-electron chi connectivity index (χ2n) is 5.17. The fourth-order valence-corrected chi connectivity index (χ4v) is 1.49. The molecule has 0 aliphatic heterocycles. The van der Waals surface area contributed by atoms with Crippen LogP contribution in [0.2, 0.25) is 0 Å². The smallest absolute Gasteiger partial charge is 0.385 e. The molecule has 0 aliphatic rings. The molecular weight excluding hydrogens is 257 g/mol. The number of ether oxygens (including phenoxy) is 1. The van der Waals surface area contributed by atoms with Crippen molar-refractivity contribution in [1.82, 2.24) is 4.98 Å². The fraction of sp³-hybridized carbons (Fsp3) is 0.615. The lowest BCUT2D eigenvalue weighted by Gasteiger charge is -2.25. The van der Waals surface area contributed by atoms with E-state index in [2.05, 4.69) is 10.3 Å². The number of nitrogens with zero attached hydrogens (tertiary/aromatic N) is 1. The predicted molar refractivity (Wildman–Crippen MR) is 68.0 cm³/mol. The van der Waals surface area contributed by atoms with Crippen LogP contribution in [0.3, 0.4) is 0 Å². The van der Waals surface area contributed by atoms with E-state index in [1.807, 2.05) is 13.8 Å². The number of nitrogens with one attached hydrogen (secondary N) is 1. The monoisotopic (exact) mass is 276 g/mol. The molecule has 0 radical (unpaired) electrons. The Labute approximate surface area is 111 Å². The zero-order valence-corrected chi connectivity index (χ0v) is 11.3. The molecule has 0 aromatic carbocycles. The molecule has 0 fully saturated rings. The summed E-state index contributed by atoms with van der Waals surface area (Å²) in [5, 5.41) is 2.94. The molecule has 0 unspecified atom stereocenters. The van der Waals surface area contributed by atoms with Crippen LogP contribution in [0, 0.1) is 5.41 Å². The van der Waals surface area contributed by atoms with Gasteiger partial charge in [0.25, 0.3) is 0 Å². The molecule has 6 heteroatoms. The first-order valence-corrected chi connectivity index (χ1v) is 6.02. The molecule has 1 N–H and O–H groups in total. The summed E-state index contributed by atoms with van der Waals surface area (Å²) < 4.78 is 42.5. The summed E-state index contributed by atoms with van der Waals surface area (Å²) in [7, 11) is 1.62. The van der Waals surface area contributed by atoms with Crippen molar-refractivity contribution in [3.63, 3.8) is 0 Å². The largest absolute Gasteiger partial charge is 0.433 e. The van der Waals surface area contributed by atoms with Crippen molar-refractivity contribution in [3.05, 3.63) is 23.9 Å². The van der Waals surface area contributed by atoms with Crippen molar-refractivity contribution in [2.75, 3.05) is 25.6 Å². The predicted octanol–water partition coefficient (Wildman–Crippen LogP) is 3.58. The van der Waals surface area contributed by atoms with E-state index in [1.165, 1.54) is 12.1 Å². The van der Waals surface area contributed by atoms with Gasteiger partial charge >= 0.3 is 6.18 Å². The highest BCUT2D eigenvalue weighted by atomic mass is 19.4. The van der Waals surface area contributed by atoms with E-state index in [1.54, 1.807) is 7.11 Å². The summed E-state index contributed by atoms with van der Waals surface area (Å²) in [4.78, 5) is 3.56. The highest BCUT2D eigenvalue weighted by molar-refractivity contribution is 5.36. The molecular formula is C13H19F3N2O. The van der Waals surface area contributed by atoms with Crippen molar-refractivity contribution in [2.24, 2.45) is 5.41 Å². The van der Waals surface area contributed by atoms with Gasteiger partial charge in [-0.25, -0.2) is 4.98 Å². The first kappa shape index (κ1) is 15.8. The summed E-state index contributed by atoms with van der Waals surface area (Å²) in [6, 6.07) is 3.84. The number of hydrogen-bond acceptors (Lipinski definition) is 3. The van der Waals surface area contributed by atoms with Crippen molar-refractivity contribution in [2.45, 2.75) is 26.4 Å². The molecule has 0 spiro atoms. The maximum Gasteiger partial charge on any atom is 0.433 e. The first-order valence-electron chi connectivity index (χ1n) is 6.02. The molecule has 1 rings (SSSR count). The van der Waals surface area contributed by atoms with E-state index >= 15 is 0 Å². The van der Waals surface area contributed by atoms with Gasteiger partial charge in [-0.3, -0.25) is 0 Å². The molecule has 0 aliphatic carbocycles. The van der Waals surface area contributed by atoms with Crippen molar-refractivity contribution >= 4 is 5.82 Å². The number of alkyl halides is 3. The Hall–Kier alpha value is -1.30. The molecule has 1 heterocycles. The average molecular weight is 276 g/mol. The summed E-state index contributed by atoms with van der Waals surface area (Å²) in [5.41, 5.74) is -0.960. The molecule has 0 amide bonds. The Morgan fingerprint density at radius 2 is 1.95 bits per heavy atom. The Morgan fingerprint density at radius 1 is 1.26 bits per heavy atom. The minimum absolute atomic E-state index is 0.0775. The summed E-state index contributed by atoms with van der Waals surface area (Å²) in [6.45, 7) is 5.19. The van der Waals surface area contributed by atoms with E-state index < -0.39 is 11.9 Å². The third-order valence-corrected chi connectivity index (χ3v) is 2.77. The Bertz CT molecular complexity index is 405. The van der Waals surface area contributed by atoms with Crippen LogP contribution >= 0.6 is 0 Å². The number of methoxy groups -OCH3 is 1. The molecule has 19 heavy (non-hydrogen) atoms. The zero-order valence-electron chi connectivity index (χ0n) is 11.3. The van der Waals surface area contributed by atoms with Gasteiger partial charge in [-0.15, -0.1) is 0 Å². The van der Waals surface area contributed by atoms with E-state index in [0.717, 1.165) is 12.5 Å². The van der Waals surface area contributed by atoms with E-state index in [4.69, 9.17) is 4.74 Å². The normalized spacial score (nSPS) is 12.5. The zero-order chi connectivity index (χ0) is 14.5. The lowest BCUT2D eigenvalue weighted by atomic mass is 9.90. The Morgan fingerprint density at radius 3 is 2.53 bits per heavy atom. The number of pyridine rings is 1. The second-order valence-corrected chi connectivity index (χ2v) is 5.17. The molecule has 3 nitrogen and oxygen atoms in total. The first-order chi connectivity index (χ1) is 8.74. The fourth-order valence-electron chi connectivity index (χ4n) is 1.49. The number of hydrogen-bond donors (Lipinski definition) is 1. The summed E-state index contributed by atoms with van der Waals surface area (Å²) in [5.74, 6) is 0.236. The van der Waals surface area contributed by atoms with Crippen LogP contribution in [-0.2, 0) is 10.9 Å². The van der Waals surface area contributed by atoms with Crippen LogP contribution in [0.15, 0.2) is 18.2 Å². The van der Waals surface area contributed by atoms with Gasteiger partial charge in [0.1, 0.15) is 11.5 Å². The molecule has 0 saturated carbocycles. The van der Waals surface area contributed by atoms with Crippen LogP contribution in [0.4, 0.5) is 19.0 Å². The van der Waals surface area contributed by atoms with Gasteiger partial charge in [-0.05, 0) is 24.0 Å². The van der Waals surface area contributed by atoms with E-state index in [0.29, 0.717) is 13.2 Å². The van der Waals surface area contributed by atoms with E-state index in [9.17, 15) is 13.2 Å². The molecule has 1 aromatic heterocycles. The molecule has 108 valence electrons. The lowest BCUT2D eigenvalue weighted by molar-refractivity contribution is -0.141. The van der Waals surface area contributed by atoms with Crippen LogP contribution in [0.1, 0.15) is 26.0 Å². The van der Waals surface area contributed by atoms with Gasteiger partial charge in [-0.1, -0.05) is 19.9 Å². The highest BCUT2D eigenvalue weighted by Gasteiger charge is 2.32. The third kappa shape index (κ3) is 5.46. The SMILES string of the molecule is COCCC(C)(C)CNc1cccc(C(F)(F)F)n1. The minimum Gasteiger partial charge on any atom is -0.385 e. The maximum atomic E-state index is 12.5. The molecule has 0 saturated heterocycles. The lowest BCUT2D eigenvalue weighted by Crippen LogP contribution is -2.25. The van der Waals surface area contributed by atoms with Crippen molar-refractivity contribution in [3.8, 4) is 0 Å². The molecule has 0 bridgehead atoms. The van der Waals surface area contributed by atoms with Gasteiger partial charge in [0.2, 0.25) is 0 Å². The van der Waals surface area contributed by atoms with Gasteiger partial charge in [0.05, 0.1) is 0 Å². The van der Waals surface area contributed by atoms with Gasteiger partial charge in [0.15, 0.2) is 0 Å². The topological polar surface area (TPSA) is 34.1 Å². The number of rotatable bonds is 6. The standard InChI is InChI=1S/C13H19F3N2O/c1-12(2,7-8-19-3)9-17-11-6-4-5-10(18-11)13(14,15)16/h4-6H,7-9H2,1-3H3,(H,17,18). The second kappa shape index (κ2) is 6.23. The Balaban J connectivity index is 2.63. The average Bonchev–Trinajstić information content (AvgIpc) is 2.34. The highest BCUT2D eigenvalue weighted by Crippen LogP contribution is 2.28. The number of aromatic nitrogens is 1. The summed E-state index contributed by atoms with van der Waals surface area (Å²) >= 11 is 0. The van der Waals surface area contributed by atoms with Crippen LogP contribution < -0.4 is 5.32 Å².